The Bertz CT molecular complexity index is 155. The molecule has 0 aliphatic carbocycles. The van der Waals surface area contributed by atoms with E-state index in [1.165, 1.54) is 32.5 Å². The largest absolute Gasteiger partial charge is 0.393 e. The fourth-order valence-electron chi connectivity index (χ4n) is 2.19. The maximum absolute atomic E-state index is 9.24. The van der Waals surface area contributed by atoms with Gasteiger partial charge in [-0.3, -0.25) is 0 Å². The summed E-state index contributed by atoms with van der Waals surface area (Å²) in [7, 11) is 0. The van der Waals surface area contributed by atoms with E-state index in [1.807, 2.05) is 6.92 Å². The van der Waals surface area contributed by atoms with Gasteiger partial charge in [0.05, 0.1) is 6.10 Å². The number of rotatable bonds is 6. The Balaban J connectivity index is 2.09. The fourth-order valence-corrected chi connectivity index (χ4v) is 2.19. The molecule has 1 aliphatic heterocycles. The molecule has 3 nitrogen and oxygen atoms in total. The molecule has 0 aromatic rings. The third-order valence-corrected chi connectivity index (χ3v) is 3.39. The summed E-state index contributed by atoms with van der Waals surface area (Å²) in [6.45, 7) is 10.9. The summed E-state index contributed by atoms with van der Waals surface area (Å²) in [6, 6.07) is 0.605. The lowest BCUT2D eigenvalue weighted by atomic mass is 9.96. The average Bonchev–Trinajstić information content (AvgIpc) is 2.25. The van der Waals surface area contributed by atoms with Crippen molar-refractivity contribution in [1.82, 2.24) is 10.2 Å². The van der Waals surface area contributed by atoms with Crippen molar-refractivity contribution in [3.8, 4) is 0 Å². The normalized spacial score (nSPS) is 21.6. The van der Waals surface area contributed by atoms with Gasteiger partial charge < -0.3 is 15.3 Å². The van der Waals surface area contributed by atoms with E-state index in [1.54, 1.807) is 0 Å². The van der Waals surface area contributed by atoms with Crippen LogP contribution >= 0.6 is 0 Å². The first-order chi connectivity index (χ1) is 7.58. The van der Waals surface area contributed by atoms with Gasteiger partial charge in [-0.2, -0.15) is 0 Å². The second-order valence-corrected chi connectivity index (χ2v) is 5.49. The number of nitrogens with one attached hydrogen (secondary N) is 1. The molecule has 1 aliphatic rings. The van der Waals surface area contributed by atoms with Gasteiger partial charge in [0.1, 0.15) is 0 Å². The van der Waals surface area contributed by atoms with Crippen LogP contribution in [0.3, 0.4) is 0 Å². The summed E-state index contributed by atoms with van der Waals surface area (Å²) in [4.78, 5) is 2.48. The number of hydrogen-bond acceptors (Lipinski definition) is 3. The van der Waals surface area contributed by atoms with Crippen LogP contribution in [0.1, 0.15) is 40.0 Å². The first-order valence-electron chi connectivity index (χ1n) is 6.71. The molecule has 2 N–H and O–H groups in total. The predicted octanol–water partition coefficient (Wildman–Crippen LogP) is 1.47. The van der Waals surface area contributed by atoms with Crippen LogP contribution in [0.5, 0.6) is 0 Å². The van der Waals surface area contributed by atoms with Gasteiger partial charge in [0.2, 0.25) is 0 Å². The molecule has 1 fully saturated rings. The van der Waals surface area contributed by atoms with Gasteiger partial charge in [0.15, 0.2) is 0 Å². The number of hydrogen-bond donors (Lipinski definition) is 2. The SMILES string of the molecule is CC(O)CCN1CCC(CNC(C)C)CC1. The standard InChI is InChI=1S/C13H28N2O/c1-11(2)14-10-13-5-8-15(9-6-13)7-4-12(3)16/h11-14,16H,4-10H2,1-3H3. The van der Waals surface area contributed by atoms with E-state index in [-0.39, 0.29) is 6.10 Å². The zero-order valence-electron chi connectivity index (χ0n) is 11.1. The quantitative estimate of drug-likeness (QED) is 0.722. The van der Waals surface area contributed by atoms with Crippen LogP contribution in [0.4, 0.5) is 0 Å². The highest BCUT2D eigenvalue weighted by atomic mass is 16.3. The van der Waals surface area contributed by atoms with E-state index in [0.29, 0.717) is 6.04 Å². The smallest absolute Gasteiger partial charge is 0.0524 e. The summed E-state index contributed by atoms with van der Waals surface area (Å²) < 4.78 is 0. The lowest BCUT2D eigenvalue weighted by Crippen LogP contribution is -2.39. The zero-order chi connectivity index (χ0) is 12.0. The summed E-state index contributed by atoms with van der Waals surface area (Å²) in [5.74, 6) is 0.852. The third-order valence-electron chi connectivity index (χ3n) is 3.39. The Morgan fingerprint density at radius 1 is 1.25 bits per heavy atom. The highest BCUT2D eigenvalue weighted by molar-refractivity contribution is 4.74. The molecule has 1 heterocycles. The average molecular weight is 228 g/mol. The van der Waals surface area contributed by atoms with Crippen LogP contribution in [0.15, 0.2) is 0 Å². The maximum Gasteiger partial charge on any atom is 0.0524 e. The van der Waals surface area contributed by atoms with Gasteiger partial charge in [-0.05, 0) is 51.7 Å². The van der Waals surface area contributed by atoms with Crippen LogP contribution in [0.25, 0.3) is 0 Å². The van der Waals surface area contributed by atoms with Crippen molar-refractivity contribution in [1.29, 1.82) is 0 Å². The van der Waals surface area contributed by atoms with Crippen molar-refractivity contribution in [3.63, 3.8) is 0 Å². The number of aliphatic hydroxyl groups excluding tert-OH is 1. The molecule has 96 valence electrons. The predicted molar refractivity (Wildman–Crippen MR) is 68.6 cm³/mol. The molecular weight excluding hydrogens is 200 g/mol. The van der Waals surface area contributed by atoms with Crippen molar-refractivity contribution < 1.29 is 5.11 Å². The molecule has 0 saturated carbocycles. The number of aliphatic hydroxyl groups is 1. The molecule has 1 unspecified atom stereocenters. The molecule has 0 spiro atoms. The Kier molecular flexibility index (Phi) is 6.32. The molecule has 16 heavy (non-hydrogen) atoms. The van der Waals surface area contributed by atoms with Gasteiger partial charge in [-0.25, -0.2) is 0 Å². The minimum atomic E-state index is -0.152. The van der Waals surface area contributed by atoms with E-state index < -0.39 is 0 Å². The molecular formula is C13H28N2O. The summed E-state index contributed by atoms with van der Waals surface area (Å²) >= 11 is 0. The molecule has 1 atom stereocenters. The minimum absolute atomic E-state index is 0.152. The molecule has 0 radical (unpaired) electrons. The van der Waals surface area contributed by atoms with Crippen LogP contribution in [0, 0.1) is 5.92 Å². The molecule has 0 amide bonds. The van der Waals surface area contributed by atoms with E-state index >= 15 is 0 Å². The second kappa shape index (κ2) is 7.25. The van der Waals surface area contributed by atoms with Crippen molar-refractivity contribution in [3.05, 3.63) is 0 Å². The monoisotopic (exact) mass is 228 g/mol. The fraction of sp³-hybridized carbons (Fsp3) is 1.00. The topological polar surface area (TPSA) is 35.5 Å². The molecule has 0 aromatic heterocycles. The van der Waals surface area contributed by atoms with E-state index in [4.69, 9.17) is 0 Å². The van der Waals surface area contributed by atoms with Crippen molar-refractivity contribution in [2.24, 2.45) is 5.92 Å². The van der Waals surface area contributed by atoms with E-state index in [9.17, 15) is 5.11 Å². The van der Waals surface area contributed by atoms with Gasteiger partial charge in [-0.15, -0.1) is 0 Å². The second-order valence-electron chi connectivity index (χ2n) is 5.49. The van der Waals surface area contributed by atoms with E-state index in [2.05, 4.69) is 24.1 Å². The molecule has 0 bridgehead atoms. The lowest BCUT2D eigenvalue weighted by Gasteiger charge is -2.32. The van der Waals surface area contributed by atoms with Crippen molar-refractivity contribution >= 4 is 0 Å². The van der Waals surface area contributed by atoms with Gasteiger partial charge in [0, 0.05) is 12.6 Å². The Labute approximate surface area is 100 Å². The van der Waals surface area contributed by atoms with Crippen LogP contribution < -0.4 is 5.32 Å². The lowest BCUT2D eigenvalue weighted by molar-refractivity contribution is 0.132. The molecule has 3 heteroatoms. The van der Waals surface area contributed by atoms with Crippen LogP contribution in [-0.4, -0.2) is 48.3 Å². The molecule has 1 saturated heterocycles. The molecule has 1 rings (SSSR count). The highest BCUT2D eigenvalue weighted by Gasteiger charge is 2.18. The summed E-state index contributed by atoms with van der Waals surface area (Å²) in [6.07, 6.45) is 3.37. The first kappa shape index (κ1) is 13.9. The number of nitrogens with zero attached hydrogens (tertiary/aromatic N) is 1. The Morgan fingerprint density at radius 3 is 2.38 bits per heavy atom. The highest BCUT2D eigenvalue weighted by Crippen LogP contribution is 2.16. The minimum Gasteiger partial charge on any atom is -0.393 e. The molecule has 0 aromatic carbocycles. The zero-order valence-corrected chi connectivity index (χ0v) is 11.1. The van der Waals surface area contributed by atoms with Gasteiger partial charge in [-0.1, -0.05) is 13.8 Å². The Hall–Kier alpha value is -0.120. The summed E-state index contributed by atoms with van der Waals surface area (Å²) in [5.41, 5.74) is 0. The maximum atomic E-state index is 9.24. The van der Waals surface area contributed by atoms with Gasteiger partial charge in [0.25, 0.3) is 0 Å². The van der Waals surface area contributed by atoms with Gasteiger partial charge >= 0.3 is 0 Å². The number of likely N-dealkylation sites (tertiary alicyclic amines) is 1. The van der Waals surface area contributed by atoms with E-state index in [0.717, 1.165) is 18.9 Å². The van der Waals surface area contributed by atoms with Crippen LogP contribution in [-0.2, 0) is 0 Å². The number of piperidine rings is 1. The third kappa shape index (κ3) is 5.83. The first-order valence-corrected chi connectivity index (χ1v) is 6.71. The summed E-state index contributed by atoms with van der Waals surface area (Å²) in [5, 5.41) is 12.8. The van der Waals surface area contributed by atoms with Crippen molar-refractivity contribution in [2.45, 2.75) is 52.2 Å². The van der Waals surface area contributed by atoms with Crippen LogP contribution in [0.2, 0.25) is 0 Å². The Morgan fingerprint density at radius 2 is 1.88 bits per heavy atom. The van der Waals surface area contributed by atoms with Crippen molar-refractivity contribution in [2.75, 3.05) is 26.2 Å².